The van der Waals surface area contributed by atoms with Gasteiger partial charge >= 0.3 is 11.9 Å². The van der Waals surface area contributed by atoms with Gasteiger partial charge in [0.15, 0.2) is 6.26 Å². The summed E-state index contributed by atoms with van der Waals surface area (Å²) in [4.78, 5) is 33.8. The second kappa shape index (κ2) is 22.5. The summed E-state index contributed by atoms with van der Waals surface area (Å²) in [5, 5.41) is 0. The van der Waals surface area contributed by atoms with E-state index in [4.69, 9.17) is 38.2 Å². The molecule has 272 valence electrons. The molecule has 0 bridgehead atoms. The van der Waals surface area contributed by atoms with Crippen LogP contribution in [0.5, 0.6) is 0 Å². The van der Waals surface area contributed by atoms with Crippen LogP contribution in [0.1, 0.15) is 116 Å². The van der Waals surface area contributed by atoms with Gasteiger partial charge in [-0.15, -0.1) is 0 Å². The predicted molar refractivity (Wildman–Crippen MR) is 179 cm³/mol. The highest BCUT2D eigenvalue weighted by molar-refractivity contribution is 5.81. The molecular weight excluding hydrogens is 616 g/mol. The molecule has 4 unspecified atom stereocenters. The van der Waals surface area contributed by atoms with Crippen LogP contribution < -0.4 is 0 Å². The summed E-state index contributed by atoms with van der Waals surface area (Å²) in [5.74, 6) is 0.863. The molecule has 4 atom stereocenters. The number of rotatable bonds is 21. The molecule has 0 N–H and O–H groups in total. The van der Waals surface area contributed by atoms with Crippen LogP contribution in [0.2, 0.25) is 0 Å². The molecule has 0 saturated heterocycles. The number of ether oxygens (including phenoxy) is 6. The van der Waals surface area contributed by atoms with Gasteiger partial charge in [-0.3, -0.25) is 4.79 Å². The summed E-state index contributed by atoms with van der Waals surface area (Å²) in [6, 6.07) is 0. The lowest BCUT2D eigenvalue weighted by Crippen LogP contribution is -2.38. The third-order valence-corrected chi connectivity index (χ3v) is 10.5. The van der Waals surface area contributed by atoms with Crippen molar-refractivity contribution < 1.29 is 47.8 Å². The van der Waals surface area contributed by atoms with Crippen LogP contribution in [0, 0.1) is 17.8 Å². The number of carbonyl (C=O) groups excluding carboxylic acids is 2. The van der Waals surface area contributed by atoms with Gasteiger partial charge in [-0.25, -0.2) is 4.79 Å². The third kappa shape index (κ3) is 14.3. The van der Waals surface area contributed by atoms with E-state index in [1.807, 2.05) is 0 Å². The molecule has 0 aromatic carbocycles. The van der Waals surface area contributed by atoms with E-state index in [1.165, 1.54) is 12.3 Å². The lowest BCUT2D eigenvalue weighted by Gasteiger charge is -2.42. The predicted octanol–water partition coefficient (Wildman–Crippen LogP) is 7.30. The zero-order chi connectivity index (χ0) is 33.8. The van der Waals surface area contributed by atoms with Gasteiger partial charge in [-0.1, -0.05) is 18.9 Å². The fourth-order valence-corrected chi connectivity index (χ4v) is 7.70. The minimum Gasteiger partial charge on any atom is -0.463 e. The Kier molecular flexibility index (Phi) is 18.1. The molecular formula is C38H60O10. The van der Waals surface area contributed by atoms with Crippen molar-refractivity contribution in [3.8, 4) is 0 Å². The van der Waals surface area contributed by atoms with Gasteiger partial charge in [0.05, 0.1) is 43.5 Å². The van der Waals surface area contributed by atoms with Gasteiger partial charge in [0.2, 0.25) is 0 Å². The first kappa shape index (κ1) is 38.6. The van der Waals surface area contributed by atoms with E-state index in [9.17, 15) is 9.59 Å². The van der Waals surface area contributed by atoms with Crippen molar-refractivity contribution >= 4 is 11.9 Å². The highest BCUT2D eigenvalue weighted by Crippen LogP contribution is 2.43. The van der Waals surface area contributed by atoms with E-state index in [-0.39, 0.29) is 42.3 Å². The number of fused-ring (bicyclic) bond motifs is 1. The molecule has 0 spiro atoms. The second-order valence-corrected chi connectivity index (χ2v) is 13.9. The summed E-state index contributed by atoms with van der Waals surface area (Å²) >= 11 is 0. The molecule has 10 nitrogen and oxygen atoms in total. The average molecular weight is 677 g/mol. The Bertz CT molecular complexity index is 980. The van der Waals surface area contributed by atoms with E-state index in [1.54, 1.807) is 0 Å². The first-order valence-electron chi connectivity index (χ1n) is 18.6. The van der Waals surface area contributed by atoms with E-state index >= 15 is 0 Å². The summed E-state index contributed by atoms with van der Waals surface area (Å²) in [6.07, 6.45) is 20.9. The molecule has 0 aliphatic heterocycles. The average Bonchev–Trinajstić information content (AvgIpc) is 3.11. The van der Waals surface area contributed by atoms with Crippen LogP contribution in [-0.2, 0) is 47.8 Å². The molecule has 4 aliphatic carbocycles. The number of esters is 2. The Morgan fingerprint density at radius 1 is 0.625 bits per heavy atom. The SMILES string of the molecule is C=C=COOCCCCOC1CCC(OCOC2CCC3CC(OC(=O)C4CCC(OCCCCOC(=O)C=C)CC4)CCC3C2)CC1. The maximum absolute atomic E-state index is 13.0. The van der Waals surface area contributed by atoms with E-state index in [0.717, 1.165) is 122 Å². The smallest absolute Gasteiger partial charge is 0.330 e. The van der Waals surface area contributed by atoms with Gasteiger partial charge in [0.1, 0.15) is 12.9 Å². The van der Waals surface area contributed by atoms with Gasteiger partial charge in [-0.05, 0) is 127 Å². The Morgan fingerprint density at radius 3 is 1.79 bits per heavy atom. The molecule has 4 fully saturated rings. The zero-order valence-corrected chi connectivity index (χ0v) is 29.0. The minimum absolute atomic E-state index is 0.00937. The Balaban J connectivity index is 0.987. The molecule has 0 heterocycles. The third-order valence-electron chi connectivity index (χ3n) is 10.5. The largest absolute Gasteiger partial charge is 0.463 e. The molecule has 0 amide bonds. The Hall–Kier alpha value is -2.20. The Morgan fingerprint density at radius 2 is 1.15 bits per heavy atom. The van der Waals surface area contributed by atoms with Gasteiger partial charge in [-0.2, -0.15) is 4.89 Å². The summed E-state index contributed by atoms with van der Waals surface area (Å²) in [6.45, 7) is 9.49. The lowest BCUT2D eigenvalue weighted by molar-refractivity contribution is -0.249. The van der Waals surface area contributed by atoms with Gasteiger partial charge < -0.3 is 33.3 Å². The van der Waals surface area contributed by atoms with Crippen molar-refractivity contribution in [1.82, 2.24) is 0 Å². The lowest BCUT2D eigenvalue weighted by atomic mass is 9.69. The second-order valence-electron chi connectivity index (χ2n) is 13.9. The maximum Gasteiger partial charge on any atom is 0.330 e. The molecule has 4 rings (SSSR count). The molecule has 4 aliphatic rings. The van der Waals surface area contributed by atoms with Crippen molar-refractivity contribution in [3.63, 3.8) is 0 Å². The van der Waals surface area contributed by atoms with Crippen LogP contribution >= 0.6 is 0 Å². The zero-order valence-electron chi connectivity index (χ0n) is 29.0. The van der Waals surface area contributed by atoms with Crippen LogP contribution in [0.25, 0.3) is 0 Å². The Labute approximate surface area is 287 Å². The summed E-state index contributed by atoms with van der Waals surface area (Å²) < 4.78 is 35.5. The topological polar surface area (TPSA) is 108 Å². The fourth-order valence-electron chi connectivity index (χ4n) is 7.70. The van der Waals surface area contributed by atoms with Gasteiger partial charge in [0, 0.05) is 19.3 Å². The number of hydrogen-bond acceptors (Lipinski definition) is 10. The molecule has 48 heavy (non-hydrogen) atoms. The van der Waals surface area contributed by atoms with Crippen molar-refractivity contribution in [2.75, 3.05) is 33.2 Å². The monoisotopic (exact) mass is 676 g/mol. The van der Waals surface area contributed by atoms with Crippen LogP contribution in [0.15, 0.2) is 31.2 Å². The molecule has 0 radical (unpaired) electrons. The van der Waals surface area contributed by atoms with Gasteiger partial charge in [0.25, 0.3) is 0 Å². The molecule has 10 heteroatoms. The first-order chi connectivity index (χ1) is 23.5. The fraction of sp³-hybridized carbons (Fsp3) is 0.816. The number of hydrogen-bond donors (Lipinski definition) is 0. The summed E-state index contributed by atoms with van der Waals surface area (Å²) in [5.41, 5.74) is 2.49. The minimum atomic E-state index is -0.385. The molecule has 4 saturated carbocycles. The van der Waals surface area contributed by atoms with Crippen LogP contribution in [0.4, 0.5) is 0 Å². The van der Waals surface area contributed by atoms with Crippen LogP contribution in [-0.4, -0.2) is 75.7 Å². The van der Waals surface area contributed by atoms with Crippen molar-refractivity contribution in [1.29, 1.82) is 0 Å². The number of carbonyl (C=O) groups is 2. The van der Waals surface area contributed by atoms with Crippen molar-refractivity contribution in [2.45, 2.75) is 146 Å². The summed E-state index contributed by atoms with van der Waals surface area (Å²) in [7, 11) is 0. The normalized spacial score (nSPS) is 30.3. The maximum atomic E-state index is 13.0. The molecule has 0 aromatic heterocycles. The highest BCUT2D eigenvalue weighted by atomic mass is 17.2. The highest BCUT2D eigenvalue weighted by Gasteiger charge is 2.38. The van der Waals surface area contributed by atoms with E-state index in [2.05, 4.69) is 18.9 Å². The van der Waals surface area contributed by atoms with Crippen LogP contribution in [0.3, 0.4) is 0 Å². The van der Waals surface area contributed by atoms with E-state index in [0.29, 0.717) is 44.6 Å². The van der Waals surface area contributed by atoms with Crippen molar-refractivity contribution in [3.05, 3.63) is 31.2 Å². The quantitative estimate of drug-likeness (QED) is 0.0180. The number of unbranched alkanes of at least 4 members (excludes halogenated alkanes) is 2. The van der Waals surface area contributed by atoms with E-state index < -0.39 is 0 Å². The van der Waals surface area contributed by atoms with Crippen molar-refractivity contribution in [2.24, 2.45) is 17.8 Å². The standard InChI is InChI=1S/C38H60O10/c1-3-21-46-47-25-8-7-23-42-33-17-19-34(20-18-33)44-28-45-35-15-11-31-27-36(16-12-30(31)26-35)48-38(40)29-9-13-32(14-10-29)41-22-5-6-24-43-37(39)4-2/h4,21,29-36H,1-2,5-20,22-28H2. The first-order valence-corrected chi connectivity index (χ1v) is 18.6. The molecule has 0 aromatic rings.